The molecule has 6 nitrogen and oxygen atoms in total. The van der Waals surface area contributed by atoms with Gasteiger partial charge in [-0.2, -0.15) is 0 Å². The van der Waals surface area contributed by atoms with Gasteiger partial charge < -0.3 is 14.2 Å². The van der Waals surface area contributed by atoms with Crippen LogP contribution in [0.4, 0.5) is 4.79 Å². The molecule has 0 bridgehead atoms. The summed E-state index contributed by atoms with van der Waals surface area (Å²) in [6.45, 7) is 7.04. The second-order valence-electron chi connectivity index (χ2n) is 4.82. The maximum Gasteiger partial charge on any atom is 0.412 e. The van der Waals surface area contributed by atoms with Crippen LogP contribution in [0.3, 0.4) is 0 Å². The first-order valence-corrected chi connectivity index (χ1v) is 5.83. The highest BCUT2D eigenvalue weighted by molar-refractivity contribution is 5.81. The zero-order valence-corrected chi connectivity index (χ0v) is 12.0. The number of nitrogens with zero attached hydrogens (tertiary/aromatic N) is 1. The molecule has 0 aromatic rings. The third-order valence-electron chi connectivity index (χ3n) is 2.13. The van der Waals surface area contributed by atoms with E-state index in [1.807, 2.05) is 0 Å². The zero-order valence-electron chi connectivity index (χ0n) is 12.0. The van der Waals surface area contributed by atoms with Crippen LogP contribution in [0.5, 0.6) is 0 Å². The molecule has 0 radical (unpaired) electrons. The third kappa shape index (κ3) is 5.35. The summed E-state index contributed by atoms with van der Waals surface area (Å²) in [6.07, 6.45) is -0.170. The molecule has 0 aromatic carbocycles. The molecule has 0 N–H and O–H groups in total. The fourth-order valence-corrected chi connectivity index (χ4v) is 1.38. The quantitative estimate of drug-likeness (QED) is 0.557. The van der Waals surface area contributed by atoms with Crippen molar-refractivity contribution >= 4 is 12.1 Å². The molecule has 18 heavy (non-hydrogen) atoms. The Morgan fingerprint density at radius 1 is 1.22 bits per heavy atom. The Morgan fingerprint density at radius 3 is 2.11 bits per heavy atom. The number of ether oxygens (including phenoxy) is 3. The first-order chi connectivity index (χ1) is 8.26. The van der Waals surface area contributed by atoms with E-state index in [1.165, 1.54) is 19.1 Å². The molecule has 0 fully saturated rings. The average Bonchev–Trinajstić information content (AvgIpc) is 2.26. The molecule has 106 valence electrons. The molecule has 0 saturated heterocycles. The molecule has 0 unspecified atom stereocenters. The van der Waals surface area contributed by atoms with E-state index < -0.39 is 23.7 Å². The van der Waals surface area contributed by atoms with Gasteiger partial charge in [0.15, 0.2) is 0 Å². The Kier molecular flexibility index (Phi) is 6.68. The minimum atomic E-state index is -0.704. The van der Waals surface area contributed by atoms with Gasteiger partial charge in [0.05, 0.1) is 7.11 Å². The van der Waals surface area contributed by atoms with Gasteiger partial charge in [-0.1, -0.05) is 6.92 Å². The molecule has 0 spiro atoms. The summed E-state index contributed by atoms with van der Waals surface area (Å²) in [5.74, 6) is -0.486. The molecule has 0 saturated carbocycles. The second-order valence-corrected chi connectivity index (χ2v) is 4.82. The maximum absolute atomic E-state index is 12.0. The fraction of sp³-hybridized carbons (Fsp3) is 0.833. The molecule has 0 rings (SSSR count). The van der Waals surface area contributed by atoms with Crippen molar-refractivity contribution in [1.29, 1.82) is 0 Å². The Morgan fingerprint density at radius 2 is 1.78 bits per heavy atom. The van der Waals surface area contributed by atoms with Crippen LogP contribution in [-0.2, 0) is 19.0 Å². The van der Waals surface area contributed by atoms with E-state index in [4.69, 9.17) is 9.47 Å². The minimum absolute atomic E-state index is 0.0253. The van der Waals surface area contributed by atoms with Crippen LogP contribution in [0.2, 0.25) is 0 Å². The van der Waals surface area contributed by atoms with Gasteiger partial charge in [0.2, 0.25) is 0 Å². The van der Waals surface area contributed by atoms with Gasteiger partial charge in [0.1, 0.15) is 18.4 Å². The number of carbonyl (C=O) groups is 2. The van der Waals surface area contributed by atoms with Gasteiger partial charge in [0.25, 0.3) is 0 Å². The van der Waals surface area contributed by atoms with Gasteiger partial charge in [-0.3, -0.25) is 4.90 Å². The van der Waals surface area contributed by atoms with E-state index in [-0.39, 0.29) is 6.73 Å². The summed E-state index contributed by atoms with van der Waals surface area (Å²) >= 11 is 0. The lowest BCUT2D eigenvalue weighted by atomic mass is 10.2. The molecule has 1 atom stereocenters. The van der Waals surface area contributed by atoms with Crippen molar-refractivity contribution < 1.29 is 23.8 Å². The van der Waals surface area contributed by atoms with Crippen molar-refractivity contribution in [2.24, 2.45) is 0 Å². The Hall–Kier alpha value is -1.30. The molecular formula is C12H23NO5. The van der Waals surface area contributed by atoms with E-state index in [0.29, 0.717) is 6.42 Å². The minimum Gasteiger partial charge on any atom is -0.467 e. The van der Waals surface area contributed by atoms with Crippen LogP contribution in [0, 0.1) is 0 Å². The summed E-state index contributed by atoms with van der Waals surface area (Å²) < 4.78 is 14.8. The summed E-state index contributed by atoms with van der Waals surface area (Å²) in [6, 6.07) is -0.704. The van der Waals surface area contributed by atoms with Gasteiger partial charge in [-0.05, 0) is 27.2 Å². The first kappa shape index (κ1) is 16.7. The van der Waals surface area contributed by atoms with Crippen LogP contribution in [-0.4, -0.2) is 49.6 Å². The van der Waals surface area contributed by atoms with Crippen LogP contribution >= 0.6 is 0 Å². The van der Waals surface area contributed by atoms with Crippen LogP contribution in [0.1, 0.15) is 34.1 Å². The topological polar surface area (TPSA) is 65.1 Å². The summed E-state index contributed by atoms with van der Waals surface area (Å²) in [5, 5.41) is 0. The molecule has 0 heterocycles. The van der Waals surface area contributed by atoms with Gasteiger partial charge in [0, 0.05) is 7.11 Å². The largest absolute Gasteiger partial charge is 0.467 e. The molecule has 0 aliphatic heterocycles. The maximum atomic E-state index is 12.0. The molecule has 0 aliphatic carbocycles. The zero-order chi connectivity index (χ0) is 14.3. The van der Waals surface area contributed by atoms with Crippen LogP contribution in [0.15, 0.2) is 0 Å². The standard InChI is InChI=1S/C12H23NO5/c1-7-9(10(14)17-6)13(8-16-5)11(15)18-12(2,3)4/h9H,7-8H2,1-6H3/t9-/m0/s1. The average molecular weight is 261 g/mol. The van der Waals surface area contributed by atoms with Crippen molar-refractivity contribution in [3.05, 3.63) is 0 Å². The number of hydrogen-bond donors (Lipinski definition) is 0. The third-order valence-corrected chi connectivity index (χ3v) is 2.13. The lowest BCUT2D eigenvalue weighted by Gasteiger charge is -2.30. The summed E-state index contributed by atoms with van der Waals surface area (Å²) in [7, 11) is 2.73. The second kappa shape index (κ2) is 7.20. The Bertz CT molecular complexity index is 285. The molecule has 0 aromatic heterocycles. The van der Waals surface area contributed by atoms with E-state index in [1.54, 1.807) is 27.7 Å². The van der Waals surface area contributed by atoms with Crippen LogP contribution in [0.25, 0.3) is 0 Å². The van der Waals surface area contributed by atoms with Crippen molar-refractivity contribution in [2.75, 3.05) is 21.0 Å². The Labute approximate surface area is 108 Å². The van der Waals surface area contributed by atoms with Crippen molar-refractivity contribution in [3.63, 3.8) is 0 Å². The fourth-order valence-electron chi connectivity index (χ4n) is 1.38. The molecule has 1 amide bonds. The normalized spacial score (nSPS) is 12.8. The SMILES string of the molecule is CC[C@@H](C(=O)OC)N(COC)C(=O)OC(C)(C)C. The van der Waals surface area contributed by atoms with E-state index in [0.717, 1.165) is 0 Å². The van der Waals surface area contributed by atoms with Crippen molar-refractivity contribution in [3.8, 4) is 0 Å². The first-order valence-electron chi connectivity index (χ1n) is 5.83. The highest BCUT2D eigenvalue weighted by atomic mass is 16.6. The summed E-state index contributed by atoms with van der Waals surface area (Å²) in [4.78, 5) is 24.8. The number of methoxy groups -OCH3 is 2. The molecular weight excluding hydrogens is 238 g/mol. The summed E-state index contributed by atoms with van der Waals surface area (Å²) in [5.41, 5.74) is -0.627. The van der Waals surface area contributed by atoms with Gasteiger partial charge in [-0.15, -0.1) is 0 Å². The van der Waals surface area contributed by atoms with Gasteiger partial charge in [-0.25, -0.2) is 9.59 Å². The predicted octanol–water partition coefficient (Wildman–Crippen LogP) is 1.78. The molecule has 6 heteroatoms. The number of hydrogen-bond acceptors (Lipinski definition) is 5. The number of carbonyl (C=O) groups excluding carboxylic acids is 2. The highest BCUT2D eigenvalue weighted by Gasteiger charge is 2.32. The number of amides is 1. The van der Waals surface area contributed by atoms with Crippen molar-refractivity contribution in [2.45, 2.75) is 45.8 Å². The van der Waals surface area contributed by atoms with Crippen molar-refractivity contribution in [1.82, 2.24) is 4.90 Å². The Balaban J connectivity index is 4.92. The lowest BCUT2D eigenvalue weighted by molar-refractivity contribution is -0.149. The molecule has 0 aliphatic rings. The van der Waals surface area contributed by atoms with Gasteiger partial charge >= 0.3 is 12.1 Å². The van der Waals surface area contributed by atoms with Crippen LogP contribution < -0.4 is 0 Å². The van der Waals surface area contributed by atoms with E-state index >= 15 is 0 Å². The van der Waals surface area contributed by atoms with E-state index in [9.17, 15) is 9.59 Å². The smallest absolute Gasteiger partial charge is 0.412 e. The monoisotopic (exact) mass is 261 g/mol. The lowest BCUT2D eigenvalue weighted by Crippen LogP contribution is -2.48. The highest BCUT2D eigenvalue weighted by Crippen LogP contribution is 2.14. The predicted molar refractivity (Wildman–Crippen MR) is 66.0 cm³/mol. The number of esters is 1. The number of rotatable bonds is 5. The van der Waals surface area contributed by atoms with E-state index in [2.05, 4.69) is 4.74 Å².